The van der Waals surface area contributed by atoms with E-state index < -0.39 is 5.97 Å². The molecule has 100 valence electrons. The predicted octanol–water partition coefficient (Wildman–Crippen LogP) is 2.57. The summed E-state index contributed by atoms with van der Waals surface area (Å²) < 4.78 is 0. The number of H-pyrrole nitrogens is 1. The molecule has 6 nitrogen and oxygen atoms in total. The van der Waals surface area contributed by atoms with Crippen molar-refractivity contribution in [2.45, 2.75) is 0 Å². The number of thiophene rings is 1. The second-order valence-corrected chi connectivity index (χ2v) is 5.01. The highest BCUT2D eigenvalue weighted by molar-refractivity contribution is 7.14. The Balaban J connectivity index is 1.88. The topological polar surface area (TPSA) is 95.1 Å². The molecule has 2 aromatic heterocycles. The molecule has 1 aromatic carbocycles. The standard InChI is InChI=1S/C13H9N3O3S/c17-11(15-12-9(13(18)19)3-4-20-12)7-1-2-10-8(5-7)6-14-16-10/h1-6H,(H,14,16)(H,15,17)(H,18,19). The fourth-order valence-electron chi connectivity index (χ4n) is 1.83. The maximum absolute atomic E-state index is 12.1. The van der Waals surface area contributed by atoms with Crippen molar-refractivity contribution in [2.75, 3.05) is 5.32 Å². The Kier molecular flexibility index (Phi) is 2.96. The van der Waals surface area contributed by atoms with Crippen molar-refractivity contribution < 1.29 is 14.7 Å². The Hall–Kier alpha value is -2.67. The molecule has 0 saturated carbocycles. The average molecular weight is 287 g/mol. The first-order valence-electron chi connectivity index (χ1n) is 5.70. The van der Waals surface area contributed by atoms with Crippen LogP contribution in [0, 0.1) is 0 Å². The summed E-state index contributed by atoms with van der Waals surface area (Å²) in [6.45, 7) is 0. The predicted molar refractivity (Wildman–Crippen MR) is 75.3 cm³/mol. The number of rotatable bonds is 3. The van der Waals surface area contributed by atoms with Gasteiger partial charge in [-0.05, 0) is 29.6 Å². The number of hydrogen-bond donors (Lipinski definition) is 3. The summed E-state index contributed by atoms with van der Waals surface area (Å²) in [5, 5.41) is 21.1. The number of aromatic amines is 1. The van der Waals surface area contributed by atoms with Crippen LogP contribution in [0.1, 0.15) is 20.7 Å². The van der Waals surface area contributed by atoms with Crippen LogP contribution in [0.25, 0.3) is 10.9 Å². The highest BCUT2D eigenvalue weighted by atomic mass is 32.1. The Morgan fingerprint density at radius 1 is 1.30 bits per heavy atom. The van der Waals surface area contributed by atoms with Gasteiger partial charge in [0, 0.05) is 10.9 Å². The summed E-state index contributed by atoms with van der Waals surface area (Å²) >= 11 is 1.17. The number of carboxylic acid groups (broad SMARTS) is 1. The van der Waals surface area contributed by atoms with E-state index in [1.807, 2.05) is 0 Å². The number of fused-ring (bicyclic) bond motifs is 1. The number of carboxylic acids is 1. The Bertz CT molecular complexity index is 806. The number of nitrogens with one attached hydrogen (secondary N) is 2. The van der Waals surface area contributed by atoms with Crippen LogP contribution < -0.4 is 5.32 Å². The largest absolute Gasteiger partial charge is 0.478 e. The molecule has 0 unspecified atom stereocenters. The van der Waals surface area contributed by atoms with Crippen LogP contribution in [0.2, 0.25) is 0 Å². The molecule has 0 saturated heterocycles. The van der Waals surface area contributed by atoms with Crippen molar-refractivity contribution in [3.05, 3.63) is 47.0 Å². The average Bonchev–Trinajstić information content (AvgIpc) is 3.05. The van der Waals surface area contributed by atoms with Crippen LogP contribution in [0.4, 0.5) is 5.00 Å². The zero-order valence-corrected chi connectivity index (χ0v) is 10.9. The summed E-state index contributed by atoms with van der Waals surface area (Å²) in [6, 6.07) is 6.57. The first-order valence-corrected chi connectivity index (χ1v) is 6.58. The molecule has 0 radical (unpaired) electrons. The molecule has 7 heteroatoms. The molecule has 1 amide bonds. The number of hydrogen-bond acceptors (Lipinski definition) is 4. The quantitative estimate of drug-likeness (QED) is 0.690. The third-order valence-electron chi connectivity index (χ3n) is 2.83. The molecular weight excluding hydrogens is 278 g/mol. The lowest BCUT2D eigenvalue weighted by molar-refractivity contribution is 0.0698. The van der Waals surface area contributed by atoms with Crippen LogP contribution in [-0.2, 0) is 0 Å². The van der Waals surface area contributed by atoms with Crippen molar-refractivity contribution in [1.82, 2.24) is 10.2 Å². The van der Waals surface area contributed by atoms with Crippen LogP contribution in [0.15, 0.2) is 35.8 Å². The highest BCUT2D eigenvalue weighted by Crippen LogP contribution is 2.24. The van der Waals surface area contributed by atoms with E-state index in [-0.39, 0.29) is 11.5 Å². The number of carbonyl (C=O) groups is 2. The minimum atomic E-state index is -1.06. The van der Waals surface area contributed by atoms with Gasteiger partial charge in [0.1, 0.15) is 5.00 Å². The van der Waals surface area contributed by atoms with E-state index in [4.69, 9.17) is 5.11 Å². The van der Waals surface area contributed by atoms with Gasteiger partial charge in [-0.3, -0.25) is 9.89 Å². The van der Waals surface area contributed by atoms with E-state index in [1.165, 1.54) is 17.4 Å². The van der Waals surface area contributed by atoms with E-state index in [0.717, 1.165) is 10.9 Å². The Morgan fingerprint density at radius 2 is 2.15 bits per heavy atom. The van der Waals surface area contributed by atoms with Crippen molar-refractivity contribution in [1.29, 1.82) is 0 Å². The molecule has 0 bridgehead atoms. The SMILES string of the molecule is O=C(Nc1sccc1C(=O)O)c1ccc2[nH]ncc2c1. The van der Waals surface area contributed by atoms with E-state index in [1.54, 1.807) is 29.8 Å². The van der Waals surface area contributed by atoms with Gasteiger partial charge in [0.15, 0.2) is 0 Å². The van der Waals surface area contributed by atoms with Crippen LogP contribution in [0.3, 0.4) is 0 Å². The molecule has 0 aliphatic carbocycles. The number of aromatic carboxylic acids is 1. The van der Waals surface area contributed by atoms with Crippen molar-refractivity contribution >= 4 is 39.1 Å². The minimum absolute atomic E-state index is 0.0905. The number of aromatic nitrogens is 2. The smallest absolute Gasteiger partial charge is 0.338 e. The molecule has 3 aromatic rings. The normalized spacial score (nSPS) is 10.6. The minimum Gasteiger partial charge on any atom is -0.478 e. The van der Waals surface area contributed by atoms with E-state index in [9.17, 15) is 9.59 Å². The van der Waals surface area contributed by atoms with E-state index in [2.05, 4.69) is 15.5 Å². The van der Waals surface area contributed by atoms with Gasteiger partial charge in [0.25, 0.3) is 5.91 Å². The maximum Gasteiger partial charge on any atom is 0.338 e. The zero-order valence-electron chi connectivity index (χ0n) is 10.1. The molecule has 0 fully saturated rings. The molecule has 0 atom stereocenters. The van der Waals surface area contributed by atoms with Crippen molar-refractivity contribution in [3.63, 3.8) is 0 Å². The summed E-state index contributed by atoms with van der Waals surface area (Å²) in [5.74, 6) is -1.41. The second-order valence-electron chi connectivity index (χ2n) is 4.09. The lowest BCUT2D eigenvalue weighted by Gasteiger charge is -2.04. The van der Waals surface area contributed by atoms with Gasteiger partial charge in [-0.15, -0.1) is 11.3 Å². The Morgan fingerprint density at radius 3 is 2.95 bits per heavy atom. The van der Waals surface area contributed by atoms with E-state index in [0.29, 0.717) is 10.6 Å². The van der Waals surface area contributed by atoms with Crippen LogP contribution in [-0.4, -0.2) is 27.2 Å². The van der Waals surface area contributed by atoms with Gasteiger partial charge in [-0.1, -0.05) is 0 Å². The number of benzene rings is 1. The third kappa shape index (κ3) is 2.14. The van der Waals surface area contributed by atoms with Gasteiger partial charge in [-0.25, -0.2) is 4.79 Å². The number of carbonyl (C=O) groups excluding carboxylic acids is 1. The van der Waals surface area contributed by atoms with Gasteiger partial charge in [0.2, 0.25) is 0 Å². The van der Waals surface area contributed by atoms with Gasteiger partial charge in [-0.2, -0.15) is 5.10 Å². The molecular formula is C13H9N3O3S. The van der Waals surface area contributed by atoms with Crippen LogP contribution >= 0.6 is 11.3 Å². The third-order valence-corrected chi connectivity index (χ3v) is 3.65. The Labute approximate surface area is 117 Å². The number of anilines is 1. The van der Waals surface area contributed by atoms with Crippen molar-refractivity contribution in [2.24, 2.45) is 0 Å². The van der Waals surface area contributed by atoms with E-state index >= 15 is 0 Å². The lowest BCUT2D eigenvalue weighted by Crippen LogP contribution is -2.13. The number of nitrogens with zero attached hydrogens (tertiary/aromatic N) is 1. The van der Waals surface area contributed by atoms with Crippen LogP contribution in [0.5, 0.6) is 0 Å². The van der Waals surface area contributed by atoms with Gasteiger partial charge >= 0.3 is 5.97 Å². The zero-order chi connectivity index (χ0) is 14.1. The lowest BCUT2D eigenvalue weighted by atomic mass is 10.1. The molecule has 20 heavy (non-hydrogen) atoms. The molecule has 2 heterocycles. The second kappa shape index (κ2) is 4.78. The molecule has 0 aliphatic heterocycles. The molecule has 3 rings (SSSR count). The fraction of sp³-hybridized carbons (Fsp3) is 0. The summed E-state index contributed by atoms with van der Waals surface area (Å²) in [5.41, 5.74) is 1.38. The fourth-order valence-corrected chi connectivity index (χ4v) is 2.61. The monoisotopic (exact) mass is 287 g/mol. The summed E-state index contributed by atoms with van der Waals surface area (Å²) in [4.78, 5) is 23.1. The summed E-state index contributed by atoms with van der Waals surface area (Å²) in [7, 11) is 0. The first kappa shape index (κ1) is 12.4. The maximum atomic E-state index is 12.1. The van der Waals surface area contributed by atoms with Crippen molar-refractivity contribution in [3.8, 4) is 0 Å². The molecule has 0 aliphatic rings. The van der Waals surface area contributed by atoms with Gasteiger partial charge < -0.3 is 10.4 Å². The summed E-state index contributed by atoms with van der Waals surface area (Å²) in [6.07, 6.45) is 1.62. The molecule has 0 spiro atoms. The molecule has 3 N–H and O–H groups in total. The van der Waals surface area contributed by atoms with Gasteiger partial charge in [0.05, 0.1) is 17.3 Å². The number of amides is 1. The first-order chi connectivity index (χ1) is 9.65. The highest BCUT2D eigenvalue weighted by Gasteiger charge is 2.15.